The lowest BCUT2D eigenvalue weighted by molar-refractivity contribution is -0.129. The second kappa shape index (κ2) is 5.38. The minimum Gasteiger partial charge on any atom is -0.388 e. The van der Waals surface area contributed by atoms with Crippen LogP contribution in [0, 0.1) is 0 Å². The van der Waals surface area contributed by atoms with Gasteiger partial charge < -0.3 is 10.0 Å². The van der Waals surface area contributed by atoms with Crippen LogP contribution in [0.5, 0.6) is 0 Å². The van der Waals surface area contributed by atoms with Gasteiger partial charge >= 0.3 is 0 Å². The molecule has 4 heteroatoms. The highest BCUT2D eigenvalue weighted by Gasteiger charge is 2.22. The third kappa shape index (κ3) is 2.62. The van der Waals surface area contributed by atoms with Crippen LogP contribution < -0.4 is 0 Å². The van der Waals surface area contributed by atoms with Crippen LogP contribution in [-0.4, -0.2) is 15.9 Å². The molecule has 3 rings (SSSR count). The van der Waals surface area contributed by atoms with Crippen LogP contribution in [0.4, 0.5) is 0 Å². The van der Waals surface area contributed by atoms with E-state index in [1.54, 1.807) is 18.3 Å². The normalized spacial score (nSPS) is 15.2. The number of amides is 1. The summed E-state index contributed by atoms with van der Waals surface area (Å²) in [5.41, 5.74) is 3.28. The number of hydrogen-bond donors (Lipinski definition) is 1. The Morgan fingerprint density at radius 2 is 2.15 bits per heavy atom. The predicted octanol–water partition coefficient (Wildman–Crippen LogP) is 2.89. The van der Waals surface area contributed by atoms with E-state index < -0.39 is 6.10 Å². The summed E-state index contributed by atoms with van der Waals surface area (Å²) in [6, 6.07) is 10.1. The third-order valence-corrected chi connectivity index (χ3v) is 4.66. The van der Waals surface area contributed by atoms with Crippen molar-refractivity contribution in [3.05, 3.63) is 57.3 Å². The van der Waals surface area contributed by atoms with Crippen molar-refractivity contribution in [3.8, 4) is 0 Å². The zero-order valence-corrected chi connectivity index (χ0v) is 12.2. The van der Waals surface area contributed by atoms with Gasteiger partial charge in [0.2, 0.25) is 5.91 Å². The number of aliphatic hydroxyl groups excluding tert-OH is 1. The van der Waals surface area contributed by atoms with Crippen LogP contribution >= 0.6 is 11.3 Å². The summed E-state index contributed by atoms with van der Waals surface area (Å²) in [5.74, 6) is 0.0990. The summed E-state index contributed by atoms with van der Waals surface area (Å²) in [6.45, 7) is 2.94. The molecule has 104 valence electrons. The molecule has 0 saturated heterocycles. The molecular formula is C16H17NO2S. The van der Waals surface area contributed by atoms with Crippen molar-refractivity contribution < 1.29 is 9.90 Å². The molecule has 1 aromatic carbocycles. The van der Waals surface area contributed by atoms with Crippen molar-refractivity contribution in [1.29, 1.82) is 0 Å². The SMILES string of the molecule is CC(=O)N1Cc2ccc(C(O)Cc3cccs3)cc2C1. The summed E-state index contributed by atoms with van der Waals surface area (Å²) in [4.78, 5) is 14.4. The number of fused-ring (bicyclic) bond motifs is 1. The van der Waals surface area contributed by atoms with Crippen LogP contribution in [0.25, 0.3) is 0 Å². The fraction of sp³-hybridized carbons (Fsp3) is 0.312. The van der Waals surface area contributed by atoms with Crippen LogP contribution in [0.3, 0.4) is 0 Å². The smallest absolute Gasteiger partial charge is 0.220 e. The lowest BCUT2D eigenvalue weighted by Crippen LogP contribution is -2.21. The summed E-state index contributed by atoms with van der Waals surface area (Å²) >= 11 is 1.66. The van der Waals surface area contributed by atoms with Crippen LogP contribution in [0.15, 0.2) is 35.7 Å². The Kier molecular flexibility index (Phi) is 3.59. The molecular weight excluding hydrogens is 270 g/mol. The van der Waals surface area contributed by atoms with Crippen molar-refractivity contribution in [2.24, 2.45) is 0 Å². The third-order valence-electron chi connectivity index (χ3n) is 3.76. The number of carbonyl (C=O) groups is 1. The molecule has 1 atom stereocenters. The number of aliphatic hydroxyl groups is 1. The number of nitrogens with zero attached hydrogens (tertiary/aromatic N) is 1. The van der Waals surface area contributed by atoms with E-state index in [4.69, 9.17) is 0 Å². The summed E-state index contributed by atoms with van der Waals surface area (Å²) in [5, 5.41) is 12.3. The molecule has 20 heavy (non-hydrogen) atoms. The monoisotopic (exact) mass is 287 g/mol. The summed E-state index contributed by atoms with van der Waals surface area (Å²) in [7, 11) is 0. The minimum absolute atomic E-state index is 0.0990. The Hall–Kier alpha value is -1.65. The second-order valence-electron chi connectivity index (χ2n) is 5.20. The van der Waals surface area contributed by atoms with Gasteiger partial charge in [0.1, 0.15) is 0 Å². The Balaban J connectivity index is 1.77. The van der Waals surface area contributed by atoms with Crippen molar-refractivity contribution in [2.75, 3.05) is 0 Å². The van der Waals surface area contributed by atoms with Crippen LogP contribution in [0.2, 0.25) is 0 Å². The Morgan fingerprint density at radius 3 is 2.85 bits per heavy atom. The molecule has 3 nitrogen and oxygen atoms in total. The number of carbonyl (C=O) groups excluding carboxylic acids is 1. The zero-order valence-electron chi connectivity index (χ0n) is 11.4. The molecule has 0 bridgehead atoms. The van der Waals surface area contributed by atoms with Gasteiger partial charge in [0.15, 0.2) is 0 Å². The summed E-state index contributed by atoms with van der Waals surface area (Å²) in [6.07, 6.45) is 0.165. The minimum atomic E-state index is -0.481. The molecule has 0 fully saturated rings. The highest BCUT2D eigenvalue weighted by Crippen LogP contribution is 2.28. The maximum atomic E-state index is 11.4. The van der Waals surface area contributed by atoms with Crippen molar-refractivity contribution >= 4 is 17.2 Å². The molecule has 1 unspecified atom stereocenters. The number of hydrogen-bond acceptors (Lipinski definition) is 3. The van der Waals surface area contributed by atoms with Gasteiger partial charge in [-0.25, -0.2) is 0 Å². The highest BCUT2D eigenvalue weighted by atomic mass is 32.1. The van der Waals surface area contributed by atoms with Gasteiger partial charge in [-0.3, -0.25) is 4.79 Å². The van der Waals surface area contributed by atoms with E-state index in [1.807, 2.05) is 40.6 Å². The van der Waals surface area contributed by atoms with E-state index in [1.165, 1.54) is 10.4 Å². The molecule has 1 aromatic heterocycles. The van der Waals surface area contributed by atoms with Gasteiger partial charge in [-0.15, -0.1) is 11.3 Å². The van der Waals surface area contributed by atoms with Gasteiger partial charge in [0, 0.05) is 31.3 Å². The fourth-order valence-electron chi connectivity index (χ4n) is 2.58. The standard InChI is InChI=1S/C16H17NO2S/c1-11(18)17-9-13-5-4-12(7-14(13)10-17)16(19)8-15-3-2-6-20-15/h2-7,16,19H,8-10H2,1H3. The molecule has 0 aliphatic carbocycles. The van der Waals surface area contributed by atoms with E-state index in [9.17, 15) is 9.90 Å². The molecule has 2 aromatic rings. The van der Waals surface area contributed by atoms with Crippen molar-refractivity contribution in [3.63, 3.8) is 0 Å². The van der Waals surface area contributed by atoms with Gasteiger partial charge in [-0.2, -0.15) is 0 Å². The van der Waals surface area contributed by atoms with Crippen LogP contribution in [0.1, 0.15) is 34.6 Å². The van der Waals surface area contributed by atoms with E-state index in [2.05, 4.69) is 0 Å². The quantitative estimate of drug-likeness (QED) is 0.943. The second-order valence-corrected chi connectivity index (χ2v) is 6.23. The first-order valence-electron chi connectivity index (χ1n) is 6.71. The van der Waals surface area contributed by atoms with E-state index in [-0.39, 0.29) is 5.91 Å². The topological polar surface area (TPSA) is 40.5 Å². The highest BCUT2D eigenvalue weighted by molar-refractivity contribution is 7.09. The molecule has 1 N–H and O–H groups in total. The Morgan fingerprint density at radius 1 is 1.35 bits per heavy atom. The predicted molar refractivity (Wildman–Crippen MR) is 79.4 cm³/mol. The molecule has 1 aliphatic rings. The number of thiophene rings is 1. The first-order valence-corrected chi connectivity index (χ1v) is 7.59. The molecule has 0 radical (unpaired) electrons. The van der Waals surface area contributed by atoms with Gasteiger partial charge in [0.05, 0.1) is 6.10 Å². The number of rotatable bonds is 3. The van der Waals surface area contributed by atoms with E-state index in [0.717, 1.165) is 11.1 Å². The summed E-state index contributed by atoms with van der Waals surface area (Å²) < 4.78 is 0. The first-order chi connectivity index (χ1) is 9.63. The number of benzene rings is 1. The molecule has 2 heterocycles. The molecule has 1 amide bonds. The van der Waals surface area contributed by atoms with E-state index >= 15 is 0 Å². The molecule has 0 spiro atoms. The maximum Gasteiger partial charge on any atom is 0.220 e. The average molecular weight is 287 g/mol. The maximum absolute atomic E-state index is 11.4. The lowest BCUT2D eigenvalue weighted by Gasteiger charge is -2.11. The Labute approximate surface area is 122 Å². The fourth-order valence-corrected chi connectivity index (χ4v) is 3.32. The molecule has 1 aliphatic heterocycles. The van der Waals surface area contributed by atoms with Crippen molar-refractivity contribution in [2.45, 2.75) is 32.5 Å². The van der Waals surface area contributed by atoms with Gasteiger partial charge in [-0.1, -0.05) is 24.3 Å². The average Bonchev–Trinajstić information content (AvgIpc) is 3.05. The van der Waals surface area contributed by atoms with Crippen LogP contribution in [-0.2, 0) is 24.3 Å². The lowest BCUT2D eigenvalue weighted by atomic mass is 10.0. The van der Waals surface area contributed by atoms with Gasteiger partial charge in [-0.05, 0) is 28.1 Å². The zero-order chi connectivity index (χ0) is 14.1. The largest absolute Gasteiger partial charge is 0.388 e. The first kappa shape index (κ1) is 13.3. The van der Waals surface area contributed by atoms with Gasteiger partial charge in [0.25, 0.3) is 0 Å². The van der Waals surface area contributed by atoms with Crippen molar-refractivity contribution in [1.82, 2.24) is 4.90 Å². The Bertz CT molecular complexity index is 621. The van der Waals surface area contributed by atoms with E-state index in [0.29, 0.717) is 19.5 Å². The molecule has 0 saturated carbocycles.